The van der Waals surface area contributed by atoms with Crippen LogP contribution in [-0.4, -0.2) is 35.1 Å². The van der Waals surface area contributed by atoms with Crippen molar-refractivity contribution >= 4 is 41.1 Å². The largest absolute Gasteiger partial charge is 0.496 e. The molecule has 1 saturated heterocycles. The highest BCUT2D eigenvalue weighted by molar-refractivity contribution is 7.98. The summed E-state index contributed by atoms with van der Waals surface area (Å²) in [6.07, 6.45) is 3.57. The van der Waals surface area contributed by atoms with E-state index in [1.165, 1.54) is 4.90 Å². The molecule has 0 spiro atoms. The third-order valence-electron chi connectivity index (χ3n) is 3.71. The molecule has 5 nitrogen and oxygen atoms in total. The van der Waals surface area contributed by atoms with Gasteiger partial charge in [-0.3, -0.25) is 9.69 Å². The van der Waals surface area contributed by atoms with Crippen LogP contribution < -0.4 is 10.1 Å². The number of ether oxygens (including phenoxy) is 1. The maximum Gasteiger partial charge on any atom is 0.276 e. The first-order valence-electron chi connectivity index (χ1n) is 7.60. The molecule has 7 heteroatoms. The van der Waals surface area contributed by atoms with Crippen molar-refractivity contribution in [1.82, 2.24) is 15.2 Å². The molecule has 2 heterocycles. The van der Waals surface area contributed by atoms with Crippen LogP contribution in [0.5, 0.6) is 5.75 Å². The normalized spacial score (nSPS) is 15.6. The van der Waals surface area contributed by atoms with Crippen LogP contribution in [0.1, 0.15) is 11.1 Å². The molecule has 3 rings (SSSR count). The number of nitrogens with one attached hydrogen (secondary N) is 1. The topological polar surface area (TPSA) is 54.5 Å². The highest BCUT2D eigenvalue weighted by atomic mass is 32.2. The number of hydrogen-bond acceptors (Lipinski definition) is 5. The third kappa shape index (κ3) is 4.00. The molecule has 1 fully saturated rings. The number of hydrogen-bond donors (Lipinski definition) is 1. The Morgan fingerprint density at radius 1 is 1.36 bits per heavy atom. The van der Waals surface area contributed by atoms with Gasteiger partial charge in [0.2, 0.25) is 0 Å². The van der Waals surface area contributed by atoms with Crippen molar-refractivity contribution in [2.45, 2.75) is 10.8 Å². The summed E-state index contributed by atoms with van der Waals surface area (Å²) in [5, 5.41) is 4.29. The average Bonchev–Trinajstić information content (AvgIpc) is 2.88. The number of benzene rings is 1. The van der Waals surface area contributed by atoms with Gasteiger partial charge < -0.3 is 10.1 Å². The molecule has 0 saturated carbocycles. The Balaban J connectivity index is 1.83. The Kier molecular flexibility index (Phi) is 5.35. The number of nitrogens with zero attached hydrogens (tertiary/aromatic N) is 2. The Bertz CT molecular complexity index is 837. The molecule has 1 aromatic heterocycles. The molecule has 25 heavy (non-hydrogen) atoms. The third-order valence-corrected chi connectivity index (χ3v) is 5.08. The van der Waals surface area contributed by atoms with Gasteiger partial charge in [0.25, 0.3) is 5.91 Å². The fourth-order valence-electron chi connectivity index (χ4n) is 2.38. The van der Waals surface area contributed by atoms with Gasteiger partial charge >= 0.3 is 0 Å². The predicted molar refractivity (Wildman–Crippen MR) is 103 cm³/mol. The van der Waals surface area contributed by atoms with Crippen molar-refractivity contribution in [1.29, 1.82) is 0 Å². The summed E-state index contributed by atoms with van der Waals surface area (Å²) >= 11 is 6.73. The van der Waals surface area contributed by atoms with Crippen LogP contribution in [-0.2, 0) is 10.5 Å². The first kappa shape index (κ1) is 17.4. The fraction of sp³-hybridized carbons (Fsp3) is 0.167. The number of pyridine rings is 1. The zero-order valence-electron chi connectivity index (χ0n) is 13.9. The van der Waals surface area contributed by atoms with E-state index < -0.39 is 0 Å². The number of thioether (sulfide) groups is 1. The Labute approximate surface area is 156 Å². The summed E-state index contributed by atoms with van der Waals surface area (Å²) < 4.78 is 5.45. The fourth-order valence-corrected chi connectivity index (χ4v) is 3.41. The van der Waals surface area contributed by atoms with E-state index in [9.17, 15) is 4.79 Å². The molecule has 0 unspecified atom stereocenters. The SMILES string of the molecule is COc1ccc(/C=C2/NC(=S)N(C)C2=O)cc1CSc1ccccn1. The molecule has 2 aromatic rings. The summed E-state index contributed by atoms with van der Waals surface area (Å²) in [7, 11) is 3.30. The molecule has 1 N–H and O–H groups in total. The minimum atomic E-state index is -0.134. The molecular weight excluding hydrogens is 354 g/mol. The summed E-state index contributed by atoms with van der Waals surface area (Å²) in [5.41, 5.74) is 2.42. The van der Waals surface area contributed by atoms with E-state index >= 15 is 0 Å². The molecule has 0 atom stereocenters. The number of amides is 1. The summed E-state index contributed by atoms with van der Waals surface area (Å²) in [6, 6.07) is 11.7. The monoisotopic (exact) mass is 371 g/mol. The zero-order valence-corrected chi connectivity index (χ0v) is 15.5. The summed E-state index contributed by atoms with van der Waals surface area (Å²) in [6.45, 7) is 0. The molecule has 1 amide bonds. The number of thiocarbonyl (C=S) groups is 1. The lowest BCUT2D eigenvalue weighted by Crippen LogP contribution is -2.25. The molecule has 0 aliphatic carbocycles. The number of aromatic nitrogens is 1. The first-order valence-corrected chi connectivity index (χ1v) is 8.99. The minimum Gasteiger partial charge on any atom is -0.496 e. The number of methoxy groups -OCH3 is 1. The highest BCUT2D eigenvalue weighted by Crippen LogP contribution is 2.28. The maximum atomic E-state index is 12.1. The van der Waals surface area contributed by atoms with Crippen molar-refractivity contribution in [3.63, 3.8) is 0 Å². The number of rotatable bonds is 5. The zero-order chi connectivity index (χ0) is 17.8. The highest BCUT2D eigenvalue weighted by Gasteiger charge is 2.26. The van der Waals surface area contributed by atoms with Gasteiger partial charge in [-0.05, 0) is 48.1 Å². The van der Waals surface area contributed by atoms with Gasteiger partial charge in [0.05, 0.1) is 12.1 Å². The molecule has 1 aliphatic rings. The standard InChI is InChI=1S/C18H17N3O2S2/c1-21-17(22)14(20-18(21)24)10-12-6-7-15(23-2)13(9-12)11-25-16-5-3-4-8-19-16/h3-10H,11H2,1-2H3,(H,20,24)/b14-10+. The smallest absolute Gasteiger partial charge is 0.276 e. The van der Waals surface area contributed by atoms with Crippen LogP contribution >= 0.6 is 24.0 Å². The maximum absolute atomic E-state index is 12.1. The molecule has 0 bridgehead atoms. The van der Waals surface area contributed by atoms with Crippen LogP contribution in [0.3, 0.4) is 0 Å². The van der Waals surface area contributed by atoms with E-state index in [-0.39, 0.29) is 5.91 Å². The van der Waals surface area contributed by atoms with E-state index in [1.807, 2.05) is 36.4 Å². The number of carbonyl (C=O) groups excluding carboxylic acids is 1. The van der Waals surface area contributed by atoms with E-state index in [0.717, 1.165) is 27.7 Å². The van der Waals surface area contributed by atoms with Gasteiger partial charge in [0.15, 0.2) is 5.11 Å². The average molecular weight is 371 g/mol. The van der Waals surface area contributed by atoms with Crippen LogP contribution in [0.2, 0.25) is 0 Å². The van der Waals surface area contributed by atoms with Crippen LogP contribution in [0, 0.1) is 0 Å². The van der Waals surface area contributed by atoms with E-state index in [0.29, 0.717) is 10.8 Å². The minimum absolute atomic E-state index is 0.134. The van der Waals surface area contributed by atoms with Gasteiger partial charge in [-0.15, -0.1) is 11.8 Å². The van der Waals surface area contributed by atoms with Gasteiger partial charge in [-0.25, -0.2) is 4.98 Å². The van der Waals surface area contributed by atoms with Crippen molar-refractivity contribution in [2.75, 3.05) is 14.2 Å². The van der Waals surface area contributed by atoms with Gasteiger partial charge in [-0.2, -0.15) is 0 Å². The van der Waals surface area contributed by atoms with Gasteiger partial charge in [-0.1, -0.05) is 12.1 Å². The van der Waals surface area contributed by atoms with Crippen LogP contribution in [0.25, 0.3) is 6.08 Å². The van der Waals surface area contributed by atoms with Gasteiger partial charge in [0, 0.05) is 24.6 Å². The second-order valence-corrected chi connectivity index (χ2v) is 6.76. The molecule has 128 valence electrons. The second-order valence-electron chi connectivity index (χ2n) is 5.38. The summed E-state index contributed by atoms with van der Waals surface area (Å²) in [4.78, 5) is 17.8. The lowest BCUT2D eigenvalue weighted by Gasteiger charge is -2.09. The Morgan fingerprint density at radius 3 is 2.84 bits per heavy atom. The summed E-state index contributed by atoms with van der Waals surface area (Å²) in [5.74, 6) is 1.39. The number of carbonyl (C=O) groups is 1. The quantitative estimate of drug-likeness (QED) is 0.495. The lowest BCUT2D eigenvalue weighted by molar-refractivity contribution is -0.121. The second kappa shape index (κ2) is 7.67. The van der Waals surface area contributed by atoms with Gasteiger partial charge in [0.1, 0.15) is 11.4 Å². The van der Waals surface area contributed by atoms with Crippen molar-refractivity contribution in [3.8, 4) is 5.75 Å². The van der Waals surface area contributed by atoms with E-state index in [4.69, 9.17) is 17.0 Å². The van der Waals surface area contributed by atoms with Crippen LogP contribution in [0.4, 0.5) is 0 Å². The van der Waals surface area contributed by atoms with Crippen molar-refractivity contribution in [2.24, 2.45) is 0 Å². The lowest BCUT2D eigenvalue weighted by atomic mass is 10.1. The van der Waals surface area contributed by atoms with Crippen molar-refractivity contribution < 1.29 is 9.53 Å². The molecule has 0 radical (unpaired) electrons. The van der Waals surface area contributed by atoms with Crippen LogP contribution in [0.15, 0.2) is 53.3 Å². The Hall–Kier alpha value is -2.38. The van der Waals surface area contributed by atoms with E-state index in [2.05, 4.69) is 10.3 Å². The molecular formula is C18H17N3O2S2. The Morgan fingerprint density at radius 2 is 2.20 bits per heavy atom. The first-order chi connectivity index (χ1) is 12.1. The number of likely N-dealkylation sites (N-methyl/N-ethyl adjacent to an activating group) is 1. The predicted octanol–water partition coefficient (Wildman–Crippen LogP) is 3.07. The molecule has 1 aliphatic heterocycles. The van der Waals surface area contributed by atoms with E-state index in [1.54, 1.807) is 38.2 Å². The molecule has 1 aromatic carbocycles. The van der Waals surface area contributed by atoms with Crippen molar-refractivity contribution in [3.05, 3.63) is 59.4 Å².